The maximum absolute atomic E-state index is 12.6. The Labute approximate surface area is 337 Å². The Balaban J connectivity index is 0.959. The van der Waals surface area contributed by atoms with Crippen LogP contribution in [0.15, 0.2) is 48.5 Å². The topological polar surface area (TPSA) is 157 Å². The summed E-state index contributed by atoms with van der Waals surface area (Å²) in [4.78, 5) is 25.0. The van der Waals surface area contributed by atoms with E-state index in [-0.39, 0.29) is 18.6 Å². The van der Waals surface area contributed by atoms with Crippen molar-refractivity contribution in [3.8, 4) is 11.1 Å². The monoisotopic (exact) mass is 809 g/mol. The van der Waals surface area contributed by atoms with Gasteiger partial charge in [0.2, 0.25) is 0 Å². The Morgan fingerprint density at radius 2 is 0.789 bits per heavy atom. The van der Waals surface area contributed by atoms with Crippen LogP contribution in [0, 0.1) is 0 Å². The maximum atomic E-state index is 12.6. The third-order valence-corrected chi connectivity index (χ3v) is 8.39. The highest BCUT2D eigenvalue weighted by Crippen LogP contribution is 2.44. The summed E-state index contributed by atoms with van der Waals surface area (Å²) in [5.74, 6) is -0.378. The number of hydrogen-bond donors (Lipinski definition) is 0. The summed E-state index contributed by atoms with van der Waals surface area (Å²) in [7, 11) is 3.02. The second-order valence-corrected chi connectivity index (χ2v) is 12.5. The number of nitrogens with zero attached hydrogens (tertiary/aromatic N) is 1. The molecule has 2 aromatic rings. The van der Waals surface area contributed by atoms with Gasteiger partial charge < -0.3 is 66.5 Å². The van der Waals surface area contributed by atoms with Crippen molar-refractivity contribution in [1.29, 1.82) is 0 Å². The van der Waals surface area contributed by atoms with Gasteiger partial charge in [-0.2, -0.15) is 0 Å². The summed E-state index contributed by atoms with van der Waals surface area (Å²) < 4.78 is 70.1. The molecule has 0 spiro atoms. The number of fused-ring (bicyclic) bond motifs is 3. The summed E-state index contributed by atoms with van der Waals surface area (Å²) in [6, 6.07) is 16.6. The number of rotatable bonds is 37. The molecule has 322 valence electrons. The van der Waals surface area contributed by atoms with Crippen LogP contribution in [0.2, 0.25) is 0 Å². The van der Waals surface area contributed by atoms with Gasteiger partial charge in [-0.25, -0.2) is 9.59 Å². The molecule has 0 N–H and O–H groups in total. The van der Waals surface area contributed by atoms with E-state index in [9.17, 15) is 9.59 Å². The molecule has 1 aliphatic rings. The van der Waals surface area contributed by atoms with Crippen LogP contribution in [0.3, 0.4) is 0 Å². The number of ether oxygens (including phenoxy) is 13. The fourth-order valence-corrected chi connectivity index (χ4v) is 5.41. The van der Waals surface area contributed by atoms with Crippen molar-refractivity contribution in [3.63, 3.8) is 0 Å². The lowest BCUT2D eigenvalue weighted by Crippen LogP contribution is -2.32. The Morgan fingerprint density at radius 3 is 1.14 bits per heavy atom. The minimum atomic E-state index is -0.412. The summed E-state index contributed by atoms with van der Waals surface area (Å²) in [6.07, 6.45) is -0.369. The van der Waals surface area contributed by atoms with E-state index in [0.717, 1.165) is 0 Å². The molecular weight excluding hydrogens is 746 g/mol. The summed E-state index contributed by atoms with van der Waals surface area (Å²) in [5.41, 5.74) is 4.78. The lowest BCUT2D eigenvalue weighted by molar-refractivity contribution is -0.146. The van der Waals surface area contributed by atoms with Gasteiger partial charge in [0, 0.05) is 19.5 Å². The van der Waals surface area contributed by atoms with E-state index >= 15 is 0 Å². The van der Waals surface area contributed by atoms with Gasteiger partial charge in [-0.1, -0.05) is 48.5 Å². The summed E-state index contributed by atoms with van der Waals surface area (Å²) in [6.45, 7) is 10.1. The van der Waals surface area contributed by atoms with E-state index in [1.165, 1.54) is 34.3 Å². The lowest BCUT2D eigenvalue weighted by Gasteiger charge is -2.19. The number of carbonyl (C=O) groups is 2. The van der Waals surface area contributed by atoms with E-state index in [1.807, 2.05) is 24.3 Å². The Bertz CT molecular complexity index is 1270. The molecular formula is C41H63NO15. The summed E-state index contributed by atoms with van der Waals surface area (Å²) >= 11 is 0. The summed E-state index contributed by atoms with van der Waals surface area (Å²) in [5, 5.41) is 0. The van der Waals surface area contributed by atoms with E-state index < -0.39 is 5.97 Å². The molecule has 16 heteroatoms. The first-order valence-electron chi connectivity index (χ1n) is 19.6. The molecule has 0 unspecified atom stereocenters. The Hall–Kier alpha value is -3.26. The highest BCUT2D eigenvalue weighted by Gasteiger charge is 2.29. The minimum Gasteiger partial charge on any atom is -0.467 e. The van der Waals surface area contributed by atoms with Crippen LogP contribution >= 0.6 is 0 Å². The maximum Gasteiger partial charge on any atom is 0.409 e. The van der Waals surface area contributed by atoms with Gasteiger partial charge in [0.25, 0.3) is 0 Å². The van der Waals surface area contributed by atoms with Crippen molar-refractivity contribution in [2.24, 2.45) is 0 Å². The highest BCUT2D eigenvalue weighted by atomic mass is 16.6. The average molecular weight is 810 g/mol. The fraction of sp³-hybridized carbons (Fsp3) is 0.659. The van der Waals surface area contributed by atoms with Crippen molar-refractivity contribution < 1.29 is 71.2 Å². The van der Waals surface area contributed by atoms with Crippen molar-refractivity contribution >= 4 is 12.1 Å². The number of methoxy groups -OCH3 is 1. The lowest BCUT2D eigenvalue weighted by atomic mass is 9.98. The molecule has 0 saturated heterocycles. The van der Waals surface area contributed by atoms with Crippen LogP contribution < -0.4 is 0 Å². The number of hydrogen-bond acceptors (Lipinski definition) is 15. The molecule has 3 rings (SSSR count). The molecule has 0 heterocycles. The third kappa shape index (κ3) is 21.9. The van der Waals surface area contributed by atoms with Crippen molar-refractivity contribution in [3.05, 3.63) is 59.7 Å². The highest BCUT2D eigenvalue weighted by molar-refractivity contribution is 5.79. The second-order valence-electron chi connectivity index (χ2n) is 12.5. The second kappa shape index (κ2) is 32.7. The molecule has 0 saturated carbocycles. The standard InChI is InChI=1S/C41H63NO15/c1-42(41(44)57-33-39-37-9-5-3-7-35(37)36-8-4-6-10-38(36)39)11-12-46-13-14-47-15-16-48-17-18-49-19-20-50-21-22-51-23-24-52-25-26-53-27-28-54-29-30-55-31-32-56-34-40(43)45-2/h3-10,39H,11-34H2,1-2H3. The minimum absolute atomic E-state index is 0.0341. The number of esters is 1. The average Bonchev–Trinajstić information content (AvgIpc) is 3.55. The van der Waals surface area contributed by atoms with Gasteiger partial charge in [0.05, 0.1) is 146 Å². The molecule has 0 radical (unpaired) electrons. The quantitative estimate of drug-likeness (QED) is 0.0724. The van der Waals surface area contributed by atoms with Crippen LogP contribution in [0.25, 0.3) is 11.1 Å². The molecule has 0 fully saturated rings. The van der Waals surface area contributed by atoms with Crippen LogP contribution in [0.1, 0.15) is 17.0 Å². The number of likely N-dealkylation sites (N-methyl/N-ethyl adjacent to an activating group) is 1. The van der Waals surface area contributed by atoms with E-state index in [0.29, 0.717) is 152 Å². The number of amides is 1. The zero-order valence-electron chi connectivity index (χ0n) is 33.7. The van der Waals surface area contributed by atoms with Crippen molar-refractivity contribution in [2.45, 2.75) is 5.92 Å². The SMILES string of the molecule is COC(=O)COCCOCCOCCOCCOCCOCCOCCOCCOCCOCCOCCN(C)C(=O)OCC1c2ccccc2-c2ccccc21. The Kier molecular flexibility index (Phi) is 27.6. The molecule has 16 nitrogen and oxygen atoms in total. The first-order chi connectivity index (χ1) is 28.1. The number of carbonyl (C=O) groups excluding carboxylic acids is 2. The van der Waals surface area contributed by atoms with E-state index in [2.05, 4.69) is 29.0 Å². The first-order valence-corrected chi connectivity index (χ1v) is 19.6. The molecule has 0 bridgehead atoms. The predicted octanol–water partition coefficient (Wildman–Crippen LogP) is 3.22. The van der Waals surface area contributed by atoms with Crippen LogP contribution in [0.4, 0.5) is 4.79 Å². The van der Waals surface area contributed by atoms with Crippen LogP contribution in [-0.2, 0) is 66.4 Å². The zero-order valence-corrected chi connectivity index (χ0v) is 33.7. The normalized spacial score (nSPS) is 12.1. The van der Waals surface area contributed by atoms with Gasteiger partial charge >= 0.3 is 12.1 Å². The molecule has 0 aromatic heterocycles. The third-order valence-electron chi connectivity index (χ3n) is 8.39. The molecule has 1 aliphatic carbocycles. The zero-order chi connectivity index (χ0) is 40.4. The van der Waals surface area contributed by atoms with Crippen LogP contribution in [0.5, 0.6) is 0 Å². The fourth-order valence-electron chi connectivity index (χ4n) is 5.41. The van der Waals surface area contributed by atoms with Gasteiger partial charge in [-0.05, 0) is 22.3 Å². The number of benzene rings is 2. The van der Waals surface area contributed by atoms with Gasteiger partial charge in [0.1, 0.15) is 13.2 Å². The predicted molar refractivity (Wildman–Crippen MR) is 209 cm³/mol. The largest absolute Gasteiger partial charge is 0.467 e. The van der Waals surface area contributed by atoms with Gasteiger partial charge in [-0.15, -0.1) is 0 Å². The molecule has 57 heavy (non-hydrogen) atoms. The van der Waals surface area contributed by atoms with Crippen LogP contribution in [-0.4, -0.2) is 190 Å². The Morgan fingerprint density at radius 1 is 0.474 bits per heavy atom. The van der Waals surface area contributed by atoms with E-state index in [4.69, 9.17) is 56.8 Å². The molecule has 2 aromatic carbocycles. The van der Waals surface area contributed by atoms with Gasteiger partial charge in [0.15, 0.2) is 0 Å². The van der Waals surface area contributed by atoms with Crippen molar-refractivity contribution in [1.82, 2.24) is 4.90 Å². The molecule has 1 amide bonds. The first kappa shape index (κ1) is 48.1. The smallest absolute Gasteiger partial charge is 0.409 e. The molecule has 0 aliphatic heterocycles. The molecule has 0 atom stereocenters. The van der Waals surface area contributed by atoms with Crippen molar-refractivity contribution in [2.75, 3.05) is 173 Å². The van der Waals surface area contributed by atoms with E-state index in [1.54, 1.807) is 7.05 Å². The van der Waals surface area contributed by atoms with Gasteiger partial charge in [-0.3, -0.25) is 0 Å².